The average molecular weight is 275 g/mol. The molecule has 110 valence electrons. The molecular weight excluding hydrogens is 250 g/mol. The van der Waals surface area contributed by atoms with Crippen molar-refractivity contribution in [1.29, 1.82) is 0 Å². The minimum Gasteiger partial charge on any atom is -0.397 e. The molecule has 2 saturated carbocycles. The molecule has 0 bridgehead atoms. The van der Waals surface area contributed by atoms with Gasteiger partial charge < -0.3 is 15.6 Å². The van der Waals surface area contributed by atoms with Crippen LogP contribution in [0.15, 0.2) is 12.3 Å². The van der Waals surface area contributed by atoms with Crippen LogP contribution in [0.1, 0.15) is 68.4 Å². The number of nitrogen functional groups attached to an aromatic ring is 1. The Labute approximate surface area is 120 Å². The highest BCUT2D eigenvalue weighted by Crippen LogP contribution is 2.40. The first kappa shape index (κ1) is 13.5. The Bertz CT molecular complexity index is 496. The number of rotatable bonds is 5. The smallest absolute Gasteiger partial charge is 0.268 e. The number of nitrogens with two attached hydrogens (primary N) is 1. The van der Waals surface area contributed by atoms with Crippen LogP contribution in [0.25, 0.3) is 0 Å². The van der Waals surface area contributed by atoms with Crippen LogP contribution in [0, 0.1) is 5.41 Å². The molecule has 0 aliphatic heterocycles. The van der Waals surface area contributed by atoms with Gasteiger partial charge in [-0.15, -0.1) is 0 Å². The van der Waals surface area contributed by atoms with Crippen molar-refractivity contribution in [3.8, 4) is 0 Å². The second-order valence-electron chi connectivity index (χ2n) is 6.54. The standard InChI is InChI=1S/C16H25N3O/c1-2-16(7-3-4-8-16)11-18-15(20)14-9-12(17)10-19(14)13-5-6-13/h9-10,13H,2-8,11,17H2,1H3,(H,18,20). The summed E-state index contributed by atoms with van der Waals surface area (Å²) in [7, 11) is 0. The lowest BCUT2D eigenvalue weighted by atomic mass is 9.83. The molecule has 20 heavy (non-hydrogen) atoms. The fourth-order valence-electron chi connectivity index (χ4n) is 3.48. The fourth-order valence-corrected chi connectivity index (χ4v) is 3.48. The number of carbonyl (C=O) groups is 1. The van der Waals surface area contributed by atoms with Gasteiger partial charge in [-0.3, -0.25) is 4.79 Å². The van der Waals surface area contributed by atoms with Gasteiger partial charge >= 0.3 is 0 Å². The Balaban J connectivity index is 1.67. The van der Waals surface area contributed by atoms with Gasteiger partial charge in [-0.1, -0.05) is 19.8 Å². The maximum atomic E-state index is 12.4. The molecule has 2 aliphatic rings. The second kappa shape index (κ2) is 5.15. The average Bonchev–Trinajstić information content (AvgIpc) is 3.06. The summed E-state index contributed by atoms with van der Waals surface area (Å²) in [6.07, 6.45) is 10.5. The Morgan fingerprint density at radius 2 is 2.15 bits per heavy atom. The number of nitrogens with one attached hydrogen (secondary N) is 1. The van der Waals surface area contributed by atoms with Gasteiger partial charge in [-0.05, 0) is 43.6 Å². The molecule has 0 radical (unpaired) electrons. The molecule has 0 unspecified atom stereocenters. The van der Waals surface area contributed by atoms with E-state index in [1.54, 1.807) is 6.07 Å². The molecule has 4 nitrogen and oxygen atoms in total. The van der Waals surface area contributed by atoms with Crippen molar-refractivity contribution in [2.45, 2.75) is 57.9 Å². The SMILES string of the molecule is CCC1(CNC(=O)c2cc(N)cn2C2CC2)CCCC1. The van der Waals surface area contributed by atoms with Crippen LogP contribution in [-0.4, -0.2) is 17.0 Å². The molecule has 1 aromatic heterocycles. The highest BCUT2D eigenvalue weighted by atomic mass is 16.1. The number of hydrogen-bond acceptors (Lipinski definition) is 2. The quantitative estimate of drug-likeness (QED) is 0.867. The summed E-state index contributed by atoms with van der Waals surface area (Å²) in [4.78, 5) is 12.4. The summed E-state index contributed by atoms with van der Waals surface area (Å²) in [5.41, 5.74) is 7.60. The van der Waals surface area contributed by atoms with E-state index in [4.69, 9.17) is 5.73 Å². The lowest BCUT2D eigenvalue weighted by Gasteiger charge is -2.27. The molecule has 2 aliphatic carbocycles. The molecule has 0 aromatic carbocycles. The molecule has 0 atom stereocenters. The number of hydrogen-bond donors (Lipinski definition) is 2. The topological polar surface area (TPSA) is 60.1 Å². The van der Waals surface area contributed by atoms with Crippen molar-refractivity contribution in [2.24, 2.45) is 5.41 Å². The molecular formula is C16H25N3O. The number of carbonyl (C=O) groups excluding carboxylic acids is 1. The summed E-state index contributed by atoms with van der Waals surface area (Å²) >= 11 is 0. The zero-order valence-corrected chi connectivity index (χ0v) is 12.3. The largest absolute Gasteiger partial charge is 0.397 e. The van der Waals surface area contributed by atoms with Crippen LogP contribution in [-0.2, 0) is 0 Å². The van der Waals surface area contributed by atoms with E-state index in [0.717, 1.165) is 31.5 Å². The van der Waals surface area contributed by atoms with E-state index in [1.807, 2.05) is 6.20 Å². The predicted molar refractivity (Wildman–Crippen MR) is 80.6 cm³/mol. The van der Waals surface area contributed by atoms with Crippen molar-refractivity contribution in [1.82, 2.24) is 9.88 Å². The molecule has 1 amide bonds. The number of aromatic nitrogens is 1. The Kier molecular flexibility index (Phi) is 3.48. The van der Waals surface area contributed by atoms with Crippen molar-refractivity contribution >= 4 is 11.6 Å². The highest BCUT2D eigenvalue weighted by Gasteiger charge is 2.33. The molecule has 4 heteroatoms. The van der Waals surface area contributed by atoms with Gasteiger partial charge in [0, 0.05) is 18.8 Å². The first-order valence-electron chi connectivity index (χ1n) is 7.89. The first-order chi connectivity index (χ1) is 9.63. The zero-order valence-electron chi connectivity index (χ0n) is 12.3. The van der Waals surface area contributed by atoms with Crippen molar-refractivity contribution in [2.75, 3.05) is 12.3 Å². The van der Waals surface area contributed by atoms with Crippen molar-refractivity contribution in [3.63, 3.8) is 0 Å². The lowest BCUT2D eigenvalue weighted by Crippen LogP contribution is -2.36. The normalized spacial score (nSPS) is 21.1. The molecule has 0 spiro atoms. The third-order valence-corrected chi connectivity index (χ3v) is 5.08. The molecule has 1 aromatic rings. The van der Waals surface area contributed by atoms with Crippen LogP contribution in [0.3, 0.4) is 0 Å². The van der Waals surface area contributed by atoms with E-state index in [0.29, 0.717) is 17.1 Å². The third kappa shape index (κ3) is 2.56. The maximum Gasteiger partial charge on any atom is 0.268 e. The molecule has 3 N–H and O–H groups in total. The predicted octanol–water partition coefficient (Wildman–Crippen LogP) is 3.11. The van der Waals surface area contributed by atoms with Gasteiger partial charge in [0.15, 0.2) is 0 Å². The van der Waals surface area contributed by atoms with Gasteiger partial charge in [0.05, 0.1) is 5.69 Å². The monoisotopic (exact) mass is 275 g/mol. The summed E-state index contributed by atoms with van der Waals surface area (Å²) in [6.45, 7) is 3.04. The van der Waals surface area contributed by atoms with E-state index in [1.165, 1.54) is 25.7 Å². The number of nitrogens with zero attached hydrogens (tertiary/aromatic N) is 1. The first-order valence-corrected chi connectivity index (χ1v) is 7.89. The van der Waals surface area contributed by atoms with Crippen molar-refractivity contribution < 1.29 is 4.79 Å². The van der Waals surface area contributed by atoms with Crippen LogP contribution in [0.5, 0.6) is 0 Å². The minimum absolute atomic E-state index is 0.0355. The van der Waals surface area contributed by atoms with E-state index in [9.17, 15) is 4.79 Å². The zero-order chi connectivity index (χ0) is 14.2. The van der Waals surface area contributed by atoms with E-state index >= 15 is 0 Å². The Morgan fingerprint density at radius 1 is 1.45 bits per heavy atom. The van der Waals surface area contributed by atoms with Crippen LogP contribution < -0.4 is 11.1 Å². The molecule has 3 rings (SSSR count). The van der Waals surface area contributed by atoms with Crippen LogP contribution in [0.2, 0.25) is 0 Å². The van der Waals surface area contributed by atoms with Crippen molar-refractivity contribution in [3.05, 3.63) is 18.0 Å². The Hall–Kier alpha value is -1.45. The summed E-state index contributed by atoms with van der Waals surface area (Å²) < 4.78 is 2.05. The molecule has 2 fully saturated rings. The lowest BCUT2D eigenvalue weighted by molar-refractivity contribution is 0.0919. The van der Waals surface area contributed by atoms with Gasteiger partial charge in [-0.2, -0.15) is 0 Å². The van der Waals surface area contributed by atoms with Gasteiger partial charge in [0.2, 0.25) is 0 Å². The van der Waals surface area contributed by atoms with E-state index < -0.39 is 0 Å². The highest BCUT2D eigenvalue weighted by molar-refractivity contribution is 5.94. The van der Waals surface area contributed by atoms with E-state index in [-0.39, 0.29) is 5.91 Å². The number of amides is 1. The van der Waals surface area contributed by atoms with Gasteiger partial charge in [-0.25, -0.2) is 0 Å². The third-order valence-electron chi connectivity index (χ3n) is 5.08. The van der Waals surface area contributed by atoms with E-state index in [2.05, 4.69) is 16.8 Å². The summed E-state index contributed by atoms with van der Waals surface area (Å²) in [5.74, 6) is 0.0355. The summed E-state index contributed by atoms with van der Waals surface area (Å²) in [6, 6.07) is 2.29. The minimum atomic E-state index is 0.0355. The van der Waals surface area contributed by atoms with Gasteiger partial charge in [0.25, 0.3) is 5.91 Å². The van der Waals surface area contributed by atoms with Crippen LogP contribution >= 0.6 is 0 Å². The second-order valence-corrected chi connectivity index (χ2v) is 6.54. The molecule has 0 saturated heterocycles. The van der Waals surface area contributed by atoms with Crippen LogP contribution in [0.4, 0.5) is 5.69 Å². The Morgan fingerprint density at radius 3 is 2.75 bits per heavy atom. The fraction of sp³-hybridized carbons (Fsp3) is 0.688. The number of anilines is 1. The summed E-state index contributed by atoms with van der Waals surface area (Å²) in [5, 5.41) is 3.15. The maximum absolute atomic E-state index is 12.4. The molecule has 1 heterocycles. The van der Waals surface area contributed by atoms with Gasteiger partial charge in [0.1, 0.15) is 5.69 Å².